The highest BCUT2D eigenvalue weighted by molar-refractivity contribution is 7.25. The Bertz CT molecular complexity index is 2670. The first-order chi connectivity index (χ1) is 23.9. The van der Waals surface area contributed by atoms with E-state index in [4.69, 9.17) is 0 Å². The fraction of sp³-hybridized carbons (Fsp3) is 0.0833. The summed E-state index contributed by atoms with van der Waals surface area (Å²) in [5.74, 6) is 0. The molecule has 0 N–H and O–H groups in total. The van der Waals surface area contributed by atoms with E-state index in [1.165, 1.54) is 91.8 Å². The van der Waals surface area contributed by atoms with Crippen LogP contribution in [0.25, 0.3) is 86.2 Å². The van der Waals surface area contributed by atoms with Crippen molar-refractivity contribution in [1.29, 1.82) is 0 Å². The summed E-state index contributed by atoms with van der Waals surface area (Å²) >= 11 is 1.87. The minimum absolute atomic E-state index is 0.00727. The van der Waals surface area contributed by atoms with Crippen LogP contribution < -0.4 is 0 Å². The van der Waals surface area contributed by atoms with Gasteiger partial charge in [-0.1, -0.05) is 154 Å². The Morgan fingerprint density at radius 2 is 0.796 bits per heavy atom. The number of hydrogen-bond donors (Lipinski definition) is 0. The number of benzene rings is 8. The van der Waals surface area contributed by atoms with Crippen LogP contribution in [0.4, 0.5) is 0 Å². The molecule has 9 rings (SSSR count). The first kappa shape index (κ1) is 29.6. The van der Waals surface area contributed by atoms with Crippen molar-refractivity contribution in [3.8, 4) is 44.5 Å². The Kier molecular flexibility index (Phi) is 7.00. The maximum atomic E-state index is 2.44. The Labute approximate surface area is 291 Å². The molecule has 8 aromatic carbocycles. The molecule has 0 atom stereocenters. The molecule has 0 bridgehead atoms. The van der Waals surface area contributed by atoms with E-state index < -0.39 is 0 Å². The van der Waals surface area contributed by atoms with E-state index in [0.29, 0.717) is 0 Å². The van der Waals surface area contributed by atoms with Crippen LogP contribution in [0.1, 0.15) is 26.3 Å². The quantitative estimate of drug-likeness (QED) is 0.167. The molecule has 9 aromatic rings. The van der Waals surface area contributed by atoms with Gasteiger partial charge >= 0.3 is 0 Å². The average Bonchev–Trinajstić information content (AvgIpc) is 3.52. The summed E-state index contributed by atoms with van der Waals surface area (Å²) in [4.78, 5) is 0. The summed E-state index contributed by atoms with van der Waals surface area (Å²) in [6.45, 7) is 6.95. The van der Waals surface area contributed by atoms with Crippen molar-refractivity contribution >= 4 is 53.1 Å². The summed E-state index contributed by atoms with van der Waals surface area (Å²) in [7, 11) is 0. The molecule has 1 heterocycles. The number of hydrogen-bond acceptors (Lipinski definition) is 1. The highest BCUT2D eigenvalue weighted by Gasteiger charge is 2.20. The smallest absolute Gasteiger partial charge is 0.0355 e. The SMILES string of the molecule is CC(C)(C)c1cc(-c2ccc3c(-c4ccccc4)c4ccccc4c(-c4ccccc4)c3c2)cc(-c2ccc3sc4ccccc4c3c2)c1. The predicted octanol–water partition coefficient (Wildman–Crippen LogP) is 14.3. The standard InChI is InChI=1S/C48H36S/c1-48(2,3)37-27-35(26-36(28-37)34-23-25-45-42(29-34)38-18-12-13-21-44(38)49-45)33-22-24-41-43(30-33)47(32-16-8-5-9-17-32)40-20-11-10-19-39(40)46(41)31-14-6-4-7-15-31/h4-30H,1-3H3. The second-order valence-electron chi connectivity index (χ2n) is 14.1. The van der Waals surface area contributed by atoms with Crippen molar-refractivity contribution in [3.63, 3.8) is 0 Å². The Morgan fingerprint density at radius 3 is 1.41 bits per heavy atom. The van der Waals surface area contributed by atoms with Gasteiger partial charge in [-0.3, -0.25) is 0 Å². The van der Waals surface area contributed by atoms with E-state index in [1.807, 2.05) is 11.3 Å². The normalized spacial score (nSPS) is 12.0. The molecule has 1 heteroatoms. The topological polar surface area (TPSA) is 0 Å². The van der Waals surface area contributed by atoms with Crippen molar-refractivity contribution in [1.82, 2.24) is 0 Å². The molecule has 0 aliphatic rings. The molecular formula is C48H36S. The maximum Gasteiger partial charge on any atom is 0.0355 e. The van der Waals surface area contributed by atoms with E-state index in [-0.39, 0.29) is 5.41 Å². The highest BCUT2D eigenvalue weighted by Crippen LogP contribution is 2.45. The molecule has 1 aromatic heterocycles. The van der Waals surface area contributed by atoms with Gasteiger partial charge in [0.25, 0.3) is 0 Å². The van der Waals surface area contributed by atoms with Gasteiger partial charge in [-0.05, 0) is 107 Å². The van der Waals surface area contributed by atoms with E-state index in [9.17, 15) is 0 Å². The van der Waals surface area contributed by atoms with Crippen LogP contribution in [0.15, 0.2) is 164 Å². The minimum atomic E-state index is -0.00727. The fourth-order valence-electron chi connectivity index (χ4n) is 7.49. The van der Waals surface area contributed by atoms with Crippen LogP contribution in [0.3, 0.4) is 0 Å². The van der Waals surface area contributed by atoms with Gasteiger partial charge in [0.2, 0.25) is 0 Å². The zero-order chi connectivity index (χ0) is 33.1. The van der Waals surface area contributed by atoms with Crippen molar-refractivity contribution in [2.45, 2.75) is 26.2 Å². The maximum absolute atomic E-state index is 2.44. The van der Waals surface area contributed by atoms with Gasteiger partial charge in [-0.15, -0.1) is 11.3 Å². The lowest BCUT2D eigenvalue weighted by molar-refractivity contribution is 0.590. The molecule has 49 heavy (non-hydrogen) atoms. The molecule has 0 nitrogen and oxygen atoms in total. The lowest BCUT2D eigenvalue weighted by atomic mass is 9.82. The van der Waals surface area contributed by atoms with Crippen LogP contribution in [-0.4, -0.2) is 0 Å². The van der Waals surface area contributed by atoms with Crippen molar-refractivity contribution in [2.24, 2.45) is 0 Å². The zero-order valence-corrected chi connectivity index (χ0v) is 28.8. The third-order valence-electron chi connectivity index (χ3n) is 9.99. The number of rotatable bonds is 4. The first-order valence-electron chi connectivity index (χ1n) is 17.1. The van der Waals surface area contributed by atoms with E-state index in [1.54, 1.807) is 0 Å². The minimum Gasteiger partial charge on any atom is -0.135 e. The molecule has 0 spiro atoms. The summed E-state index contributed by atoms with van der Waals surface area (Å²) in [6, 6.07) is 60.8. The second-order valence-corrected chi connectivity index (χ2v) is 15.2. The van der Waals surface area contributed by atoms with Crippen LogP contribution in [0.5, 0.6) is 0 Å². The molecule has 0 unspecified atom stereocenters. The third-order valence-corrected chi connectivity index (χ3v) is 11.1. The van der Waals surface area contributed by atoms with Crippen molar-refractivity contribution in [2.75, 3.05) is 0 Å². The van der Waals surface area contributed by atoms with Crippen LogP contribution in [0, 0.1) is 0 Å². The Hall–Kier alpha value is -5.50. The van der Waals surface area contributed by atoms with Crippen molar-refractivity contribution < 1.29 is 0 Å². The molecule has 0 saturated carbocycles. The molecule has 0 radical (unpaired) electrons. The van der Waals surface area contributed by atoms with Gasteiger partial charge in [-0.2, -0.15) is 0 Å². The molecule has 0 aliphatic heterocycles. The number of fused-ring (bicyclic) bond motifs is 5. The van der Waals surface area contributed by atoms with E-state index >= 15 is 0 Å². The molecular weight excluding hydrogens is 609 g/mol. The number of thiophene rings is 1. The summed E-state index contributed by atoms with van der Waals surface area (Å²) in [5, 5.41) is 7.77. The van der Waals surface area contributed by atoms with Crippen LogP contribution in [0.2, 0.25) is 0 Å². The largest absolute Gasteiger partial charge is 0.135 e. The second kappa shape index (κ2) is 11.6. The van der Waals surface area contributed by atoms with Crippen LogP contribution in [-0.2, 0) is 5.41 Å². The molecule has 0 fully saturated rings. The fourth-order valence-corrected chi connectivity index (χ4v) is 8.58. The first-order valence-corrected chi connectivity index (χ1v) is 17.9. The Balaban J connectivity index is 1.31. The van der Waals surface area contributed by atoms with Crippen molar-refractivity contribution in [3.05, 3.63) is 169 Å². The lowest BCUT2D eigenvalue weighted by Gasteiger charge is -2.22. The lowest BCUT2D eigenvalue weighted by Crippen LogP contribution is -2.11. The molecule has 0 aliphatic carbocycles. The van der Waals surface area contributed by atoms with Gasteiger partial charge in [0.1, 0.15) is 0 Å². The van der Waals surface area contributed by atoms with Gasteiger partial charge in [0.05, 0.1) is 0 Å². The van der Waals surface area contributed by atoms with Gasteiger partial charge < -0.3 is 0 Å². The third kappa shape index (κ3) is 5.14. The van der Waals surface area contributed by atoms with Gasteiger partial charge in [-0.25, -0.2) is 0 Å². The average molecular weight is 645 g/mol. The molecule has 0 amide bonds. The van der Waals surface area contributed by atoms with Crippen LogP contribution >= 0.6 is 11.3 Å². The summed E-state index contributed by atoms with van der Waals surface area (Å²) in [6.07, 6.45) is 0. The Morgan fingerprint density at radius 1 is 0.327 bits per heavy atom. The monoisotopic (exact) mass is 644 g/mol. The summed E-state index contributed by atoms with van der Waals surface area (Å²) in [5.41, 5.74) is 11.4. The zero-order valence-electron chi connectivity index (χ0n) is 28.0. The predicted molar refractivity (Wildman–Crippen MR) is 215 cm³/mol. The van der Waals surface area contributed by atoms with Gasteiger partial charge in [0, 0.05) is 20.2 Å². The van der Waals surface area contributed by atoms with E-state index in [0.717, 1.165) is 0 Å². The molecule has 234 valence electrons. The molecule has 0 saturated heterocycles. The summed E-state index contributed by atoms with van der Waals surface area (Å²) < 4.78 is 2.67. The highest BCUT2D eigenvalue weighted by atomic mass is 32.1. The van der Waals surface area contributed by atoms with E-state index in [2.05, 4.69) is 185 Å². The van der Waals surface area contributed by atoms with Gasteiger partial charge in [0.15, 0.2) is 0 Å².